The maximum absolute atomic E-state index is 4.05. The highest BCUT2D eigenvalue weighted by Gasteiger charge is 2.12. The van der Waals surface area contributed by atoms with Crippen molar-refractivity contribution in [2.24, 2.45) is 0 Å². The first kappa shape index (κ1) is 13.2. The van der Waals surface area contributed by atoms with Crippen molar-refractivity contribution in [2.75, 3.05) is 0 Å². The zero-order chi connectivity index (χ0) is 13.1. The molecule has 0 aliphatic rings. The standard InChI is InChI=1S/C12H16BrN5/c1-8(2)14-7-11-15-16-17-18(11)10-6-4-5-9(3)12(10)13/h4-6,8,14H,7H2,1-3H3. The molecule has 0 atom stereocenters. The summed E-state index contributed by atoms with van der Waals surface area (Å²) < 4.78 is 2.77. The van der Waals surface area contributed by atoms with Crippen LogP contribution in [0.1, 0.15) is 25.2 Å². The molecule has 18 heavy (non-hydrogen) atoms. The fourth-order valence-corrected chi connectivity index (χ4v) is 2.03. The lowest BCUT2D eigenvalue weighted by Crippen LogP contribution is -2.24. The minimum Gasteiger partial charge on any atom is -0.308 e. The van der Waals surface area contributed by atoms with E-state index in [0.717, 1.165) is 21.5 Å². The second-order valence-electron chi connectivity index (χ2n) is 4.45. The van der Waals surface area contributed by atoms with Crippen LogP contribution in [0.2, 0.25) is 0 Å². The van der Waals surface area contributed by atoms with Crippen molar-refractivity contribution in [1.82, 2.24) is 25.5 Å². The van der Waals surface area contributed by atoms with E-state index in [1.54, 1.807) is 4.68 Å². The molecule has 0 fully saturated rings. The third-order valence-corrected chi connectivity index (χ3v) is 3.63. The molecule has 0 saturated carbocycles. The smallest absolute Gasteiger partial charge is 0.170 e. The fourth-order valence-electron chi connectivity index (χ4n) is 1.59. The van der Waals surface area contributed by atoms with Gasteiger partial charge in [-0.15, -0.1) is 5.10 Å². The number of aryl methyl sites for hydroxylation is 1. The van der Waals surface area contributed by atoms with Crippen LogP contribution in [0.15, 0.2) is 22.7 Å². The Kier molecular flexibility index (Phi) is 4.08. The Morgan fingerprint density at radius 3 is 2.89 bits per heavy atom. The first-order valence-corrected chi connectivity index (χ1v) is 6.65. The number of benzene rings is 1. The third-order valence-electron chi connectivity index (χ3n) is 2.60. The highest BCUT2D eigenvalue weighted by atomic mass is 79.9. The van der Waals surface area contributed by atoms with E-state index in [1.807, 2.05) is 25.1 Å². The SMILES string of the molecule is Cc1cccc(-n2nnnc2CNC(C)C)c1Br. The van der Waals surface area contributed by atoms with Gasteiger partial charge in [0.2, 0.25) is 0 Å². The molecule has 0 spiro atoms. The Hall–Kier alpha value is -1.27. The Bertz CT molecular complexity index is 535. The second-order valence-corrected chi connectivity index (χ2v) is 5.24. The molecule has 1 aromatic carbocycles. The summed E-state index contributed by atoms with van der Waals surface area (Å²) in [5, 5.41) is 15.2. The van der Waals surface area contributed by atoms with Gasteiger partial charge in [0.05, 0.1) is 12.2 Å². The molecule has 0 unspecified atom stereocenters. The van der Waals surface area contributed by atoms with E-state index < -0.39 is 0 Å². The summed E-state index contributed by atoms with van der Waals surface area (Å²) in [5.74, 6) is 0.801. The van der Waals surface area contributed by atoms with E-state index in [4.69, 9.17) is 0 Å². The van der Waals surface area contributed by atoms with Crippen molar-refractivity contribution < 1.29 is 0 Å². The van der Waals surface area contributed by atoms with Crippen molar-refractivity contribution >= 4 is 15.9 Å². The van der Waals surface area contributed by atoms with E-state index >= 15 is 0 Å². The van der Waals surface area contributed by atoms with Gasteiger partial charge in [0.25, 0.3) is 0 Å². The highest BCUT2D eigenvalue weighted by Crippen LogP contribution is 2.24. The van der Waals surface area contributed by atoms with Gasteiger partial charge in [0.1, 0.15) is 0 Å². The highest BCUT2D eigenvalue weighted by molar-refractivity contribution is 9.10. The molecular formula is C12H16BrN5. The number of rotatable bonds is 4. The number of hydrogen-bond donors (Lipinski definition) is 1. The quantitative estimate of drug-likeness (QED) is 0.941. The molecule has 6 heteroatoms. The average Bonchev–Trinajstić information content (AvgIpc) is 2.78. The Morgan fingerprint density at radius 1 is 1.39 bits per heavy atom. The van der Waals surface area contributed by atoms with Crippen LogP contribution in [0, 0.1) is 6.92 Å². The van der Waals surface area contributed by atoms with Gasteiger partial charge in [-0.05, 0) is 44.9 Å². The van der Waals surface area contributed by atoms with Crippen molar-refractivity contribution in [3.05, 3.63) is 34.1 Å². The van der Waals surface area contributed by atoms with Crippen LogP contribution in [0.25, 0.3) is 5.69 Å². The molecule has 2 rings (SSSR count). The van der Waals surface area contributed by atoms with Gasteiger partial charge in [-0.25, -0.2) is 0 Å². The Morgan fingerprint density at radius 2 is 2.17 bits per heavy atom. The van der Waals surface area contributed by atoms with Crippen LogP contribution in [0.3, 0.4) is 0 Å². The van der Waals surface area contributed by atoms with Crippen LogP contribution in [0.5, 0.6) is 0 Å². The number of hydrogen-bond acceptors (Lipinski definition) is 4. The summed E-state index contributed by atoms with van der Waals surface area (Å²) in [6.07, 6.45) is 0. The zero-order valence-electron chi connectivity index (χ0n) is 10.7. The first-order valence-electron chi connectivity index (χ1n) is 5.85. The number of tetrazole rings is 1. The molecule has 2 aromatic rings. The molecular weight excluding hydrogens is 294 g/mol. The summed E-state index contributed by atoms with van der Waals surface area (Å²) in [7, 11) is 0. The Labute approximate surface area is 115 Å². The summed E-state index contributed by atoms with van der Waals surface area (Å²) in [6.45, 7) is 6.88. The van der Waals surface area contributed by atoms with Crippen LogP contribution >= 0.6 is 15.9 Å². The lowest BCUT2D eigenvalue weighted by molar-refractivity contribution is 0.563. The first-order chi connectivity index (χ1) is 8.59. The second kappa shape index (κ2) is 5.58. The minimum atomic E-state index is 0.399. The van der Waals surface area contributed by atoms with E-state index in [2.05, 4.69) is 50.6 Å². The molecule has 0 bridgehead atoms. The Balaban J connectivity index is 2.33. The van der Waals surface area contributed by atoms with Gasteiger partial charge in [0, 0.05) is 10.5 Å². The molecule has 1 N–H and O–H groups in total. The predicted molar refractivity (Wildman–Crippen MR) is 73.6 cm³/mol. The normalized spacial score (nSPS) is 11.2. The van der Waals surface area contributed by atoms with Crippen LogP contribution < -0.4 is 5.32 Å². The number of halogens is 1. The molecule has 0 amide bonds. The summed E-state index contributed by atoms with van der Waals surface area (Å²) >= 11 is 3.58. The number of nitrogens with one attached hydrogen (secondary N) is 1. The molecule has 0 aliphatic carbocycles. The largest absolute Gasteiger partial charge is 0.308 e. The van der Waals surface area contributed by atoms with Crippen LogP contribution in [-0.2, 0) is 6.54 Å². The van der Waals surface area contributed by atoms with Gasteiger partial charge in [-0.2, -0.15) is 4.68 Å². The van der Waals surface area contributed by atoms with Crippen molar-refractivity contribution in [3.8, 4) is 5.69 Å². The van der Waals surface area contributed by atoms with Gasteiger partial charge in [-0.1, -0.05) is 26.0 Å². The molecule has 96 valence electrons. The number of nitrogens with zero attached hydrogens (tertiary/aromatic N) is 4. The lowest BCUT2D eigenvalue weighted by atomic mass is 10.2. The summed E-state index contributed by atoms with van der Waals surface area (Å²) in [6, 6.07) is 6.43. The number of aromatic nitrogens is 4. The summed E-state index contributed by atoms with van der Waals surface area (Å²) in [5.41, 5.74) is 2.12. The van der Waals surface area contributed by atoms with Crippen molar-refractivity contribution in [1.29, 1.82) is 0 Å². The molecule has 0 aliphatic heterocycles. The molecule has 1 aromatic heterocycles. The predicted octanol–water partition coefficient (Wildman–Crippen LogP) is 2.23. The summed E-state index contributed by atoms with van der Waals surface area (Å²) in [4.78, 5) is 0. The monoisotopic (exact) mass is 309 g/mol. The van der Waals surface area contributed by atoms with E-state index in [0.29, 0.717) is 12.6 Å². The average molecular weight is 310 g/mol. The zero-order valence-corrected chi connectivity index (χ0v) is 12.3. The minimum absolute atomic E-state index is 0.399. The molecule has 0 radical (unpaired) electrons. The molecule has 0 saturated heterocycles. The fraction of sp³-hybridized carbons (Fsp3) is 0.417. The van der Waals surface area contributed by atoms with Crippen molar-refractivity contribution in [3.63, 3.8) is 0 Å². The van der Waals surface area contributed by atoms with Gasteiger partial charge in [-0.3, -0.25) is 0 Å². The molecule has 5 nitrogen and oxygen atoms in total. The third kappa shape index (κ3) is 2.76. The van der Waals surface area contributed by atoms with Gasteiger partial charge >= 0.3 is 0 Å². The topological polar surface area (TPSA) is 55.6 Å². The van der Waals surface area contributed by atoms with Gasteiger partial charge < -0.3 is 5.32 Å². The maximum Gasteiger partial charge on any atom is 0.170 e. The van der Waals surface area contributed by atoms with Crippen LogP contribution in [0.4, 0.5) is 0 Å². The van der Waals surface area contributed by atoms with Crippen molar-refractivity contribution in [2.45, 2.75) is 33.4 Å². The lowest BCUT2D eigenvalue weighted by Gasteiger charge is -2.10. The van der Waals surface area contributed by atoms with E-state index in [-0.39, 0.29) is 0 Å². The maximum atomic E-state index is 4.05. The molecule has 1 heterocycles. The van der Waals surface area contributed by atoms with E-state index in [9.17, 15) is 0 Å². The van der Waals surface area contributed by atoms with Crippen LogP contribution in [-0.4, -0.2) is 26.2 Å². The van der Waals surface area contributed by atoms with E-state index in [1.165, 1.54) is 0 Å². The van der Waals surface area contributed by atoms with Gasteiger partial charge in [0.15, 0.2) is 5.82 Å².